The largest absolute Gasteiger partial charge is 0.394 e. The van der Waals surface area contributed by atoms with Crippen molar-refractivity contribution in [2.75, 3.05) is 13.2 Å². The molecule has 35 heavy (non-hydrogen) atoms. The van der Waals surface area contributed by atoms with Crippen molar-refractivity contribution < 1.29 is 23.4 Å². The third kappa shape index (κ3) is 5.61. The van der Waals surface area contributed by atoms with E-state index in [4.69, 9.17) is 4.74 Å². The number of nitrogens with one attached hydrogen (secondary N) is 2. The molecular weight excluding hydrogens is 456 g/mol. The summed E-state index contributed by atoms with van der Waals surface area (Å²) in [6.45, 7) is 2.39. The number of rotatable bonds is 10. The third-order valence-electron chi connectivity index (χ3n) is 5.47. The molecule has 1 atom stereocenters. The van der Waals surface area contributed by atoms with E-state index in [1.165, 1.54) is 30.3 Å². The summed E-state index contributed by atoms with van der Waals surface area (Å²) in [4.78, 5) is 17.4. The Hall–Kier alpha value is -3.89. The van der Waals surface area contributed by atoms with Crippen LogP contribution in [0.4, 0.5) is 8.78 Å². The Bertz CT molecular complexity index is 1290. The average Bonchev–Trinajstić information content (AvgIpc) is 3.52. The first-order valence-corrected chi connectivity index (χ1v) is 11.1. The molecule has 0 aliphatic heterocycles. The molecule has 2 heterocycles. The van der Waals surface area contributed by atoms with E-state index in [9.17, 15) is 18.7 Å². The summed E-state index contributed by atoms with van der Waals surface area (Å²) in [5.74, 6) is -0.912. The molecule has 10 heteroatoms. The van der Waals surface area contributed by atoms with Crippen molar-refractivity contribution in [3.8, 4) is 22.5 Å². The van der Waals surface area contributed by atoms with Gasteiger partial charge < -0.3 is 19.7 Å². The summed E-state index contributed by atoms with van der Waals surface area (Å²) in [6, 6.07) is 10.9. The lowest BCUT2D eigenvalue weighted by atomic mass is 10.0. The topological polar surface area (TPSA) is 105 Å². The number of carbonyl (C=O) groups is 1. The van der Waals surface area contributed by atoms with Crippen LogP contribution in [0.1, 0.15) is 23.1 Å². The van der Waals surface area contributed by atoms with Gasteiger partial charge in [0.1, 0.15) is 24.2 Å². The van der Waals surface area contributed by atoms with E-state index in [2.05, 4.69) is 20.5 Å². The van der Waals surface area contributed by atoms with E-state index < -0.39 is 17.8 Å². The predicted molar refractivity (Wildman–Crippen MR) is 125 cm³/mol. The summed E-state index contributed by atoms with van der Waals surface area (Å²) in [5.41, 5.74) is 1.53. The minimum atomic E-state index is -0.655. The smallest absolute Gasteiger partial charge is 0.252 e. The molecule has 4 rings (SSSR count). The van der Waals surface area contributed by atoms with Crippen molar-refractivity contribution in [1.29, 1.82) is 0 Å². The molecule has 3 N–H and O–H groups in total. The second-order valence-corrected chi connectivity index (χ2v) is 7.83. The van der Waals surface area contributed by atoms with Crippen LogP contribution in [0, 0.1) is 11.6 Å². The highest BCUT2D eigenvalue weighted by molar-refractivity contribution is 6.01. The van der Waals surface area contributed by atoms with Crippen LogP contribution in [-0.4, -0.2) is 50.0 Å². The maximum atomic E-state index is 14.9. The Morgan fingerprint density at radius 2 is 2.03 bits per heavy atom. The normalized spacial score (nSPS) is 12.0. The van der Waals surface area contributed by atoms with Crippen LogP contribution in [0.3, 0.4) is 0 Å². The summed E-state index contributed by atoms with van der Waals surface area (Å²) < 4.78 is 35.3. The van der Waals surface area contributed by atoms with Crippen molar-refractivity contribution in [2.24, 2.45) is 0 Å². The molecule has 0 radical (unpaired) electrons. The van der Waals surface area contributed by atoms with Gasteiger partial charge in [0.2, 0.25) is 0 Å². The first-order valence-electron chi connectivity index (χ1n) is 11.1. The molecular formula is C25H25F2N5O3. The van der Waals surface area contributed by atoms with Gasteiger partial charge in [0.05, 0.1) is 29.6 Å². The molecule has 1 amide bonds. The second kappa shape index (κ2) is 11.0. The number of aliphatic hydroxyl groups excluding tert-OH is 1. The van der Waals surface area contributed by atoms with Gasteiger partial charge in [0.25, 0.3) is 5.91 Å². The van der Waals surface area contributed by atoms with Crippen LogP contribution in [-0.2, 0) is 17.9 Å². The minimum Gasteiger partial charge on any atom is -0.394 e. The predicted octanol–water partition coefficient (Wildman–Crippen LogP) is 3.55. The van der Waals surface area contributed by atoms with Crippen LogP contribution < -0.4 is 5.32 Å². The molecule has 2 aromatic heterocycles. The summed E-state index contributed by atoms with van der Waals surface area (Å²) in [5, 5.41) is 19.6. The van der Waals surface area contributed by atoms with Gasteiger partial charge in [-0.05, 0) is 49.4 Å². The maximum Gasteiger partial charge on any atom is 0.252 e. The number of hydrogen-bond acceptors (Lipinski definition) is 5. The summed E-state index contributed by atoms with van der Waals surface area (Å²) in [7, 11) is 0. The number of ether oxygens (including phenoxy) is 1. The van der Waals surface area contributed by atoms with Crippen molar-refractivity contribution in [1.82, 2.24) is 25.1 Å². The van der Waals surface area contributed by atoms with Crippen LogP contribution in [0.5, 0.6) is 0 Å². The highest BCUT2D eigenvalue weighted by Crippen LogP contribution is 2.29. The average molecular weight is 482 g/mol. The minimum absolute atomic E-state index is 0.0420. The fourth-order valence-corrected chi connectivity index (χ4v) is 3.69. The van der Waals surface area contributed by atoms with Gasteiger partial charge in [-0.15, -0.1) is 0 Å². The molecule has 0 aliphatic carbocycles. The second-order valence-electron chi connectivity index (χ2n) is 7.83. The molecule has 4 aromatic rings. The number of H-pyrrole nitrogens is 1. The number of carbonyl (C=O) groups excluding carboxylic acids is 1. The van der Waals surface area contributed by atoms with Crippen molar-refractivity contribution in [2.45, 2.75) is 26.1 Å². The molecule has 0 aliphatic rings. The summed E-state index contributed by atoms with van der Waals surface area (Å²) >= 11 is 0. The number of halogens is 2. The summed E-state index contributed by atoms with van der Waals surface area (Å²) in [6.07, 6.45) is 3.63. The van der Waals surface area contributed by atoms with Crippen molar-refractivity contribution in [3.05, 3.63) is 83.9 Å². The van der Waals surface area contributed by atoms with E-state index in [1.54, 1.807) is 35.2 Å². The first kappa shape index (κ1) is 24.2. The standard InChI is InChI=1S/C25H25F2N5O3/c1-2-35-15-32-11-10-28-23(32)12-18(14-33)29-25(34)19-4-3-5-20(27)24(19)22-13-21(30-31-22)16-6-8-17(26)9-7-16/h3-11,13,18,33H,2,12,14-15H2,1H3,(H,29,34)(H,30,31)/t18-/m1/s1. The molecule has 0 unspecified atom stereocenters. The molecule has 0 bridgehead atoms. The highest BCUT2D eigenvalue weighted by atomic mass is 19.1. The number of aromatic amines is 1. The van der Waals surface area contributed by atoms with E-state index in [0.29, 0.717) is 36.1 Å². The first-order chi connectivity index (χ1) is 17.0. The van der Waals surface area contributed by atoms with Gasteiger partial charge >= 0.3 is 0 Å². The van der Waals surface area contributed by atoms with Gasteiger partial charge in [0, 0.05) is 36.5 Å². The lowest BCUT2D eigenvalue weighted by molar-refractivity contribution is 0.0842. The molecule has 2 aromatic carbocycles. The zero-order valence-corrected chi connectivity index (χ0v) is 19.0. The van der Waals surface area contributed by atoms with E-state index in [0.717, 1.165) is 0 Å². The van der Waals surface area contributed by atoms with Crippen LogP contribution >= 0.6 is 0 Å². The van der Waals surface area contributed by atoms with Crippen molar-refractivity contribution >= 4 is 5.91 Å². The monoisotopic (exact) mass is 481 g/mol. The van der Waals surface area contributed by atoms with Crippen molar-refractivity contribution in [3.63, 3.8) is 0 Å². The highest BCUT2D eigenvalue weighted by Gasteiger charge is 2.22. The molecule has 0 fully saturated rings. The lowest BCUT2D eigenvalue weighted by Gasteiger charge is -2.18. The van der Waals surface area contributed by atoms with Gasteiger partial charge in [-0.1, -0.05) is 6.07 Å². The Morgan fingerprint density at radius 3 is 2.77 bits per heavy atom. The van der Waals surface area contributed by atoms with Gasteiger partial charge in [0.15, 0.2) is 0 Å². The maximum absolute atomic E-state index is 14.9. The third-order valence-corrected chi connectivity index (χ3v) is 5.47. The number of nitrogens with zero attached hydrogens (tertiary/aromatic N) is 3. The zero-order valence-electron chi connectivity index (χ0n) is 19.0. The van der Waals surface area contributed by atoms with Crippen LogP contribution in [0.25, 0.3) is 22.5 Å². The van der Waals surface area contributed by atoms with Crippen LogP contribution in [0.2, 0.25) is 0 Å². The SMILES string of the molecule is CCOCn1ccnc1C[C@H](CO)NC(=O)c1cccc(F)c1-c1cc(-c2ccc(F)cc2)n[nH]1. The fraction of sp³-hybridized carbons (Fsp3) is 0.240. The molecule has 0 saturated heterocycles. The van der Waals surface area contributed by atoms with Crippen LogP contribution in [0.15, 0.2) is 60.9 Å². The van der Waals surface area contributed by atoms with Gasteiger partial charge in [-0.3, -0.25) is 9.89 Å². The van der Waals surface area contributed by atoms with Gasteiger partial charge in [-0.2, -0.15) is 5.10 Å². The Morgan fingerprint density at radius 1 is 1.23 bits per heavy atom. The van der Waals surface area contributed by atoms with Gasteiger partial charge in [-0.25, -0.2) is 13.8 Å². The number of aliphatic hydroxyl groups is 1. The molecule has 0 spiro atoms. The number of hydrogen-bond donors (Lipinski definition) is 3. The number of aromatic nitrogens is 4. The van der Waals surface area contributed by atoms with E-state index >= 15 is 0 Å². The molecule has 0 saturated carbocycles. The quantitative estimate of drug-likeness (QED) is 0.321. The Balaban J connectivity index is 1.56. The Labute approximate surface area is 200 Å². The van der Waals surface area contributed by atoms with E-state index in [-0.39, 0.29) is 30.0 Å². The molecule has 182 valence electrons. The fourth-order valence-electron chi connectivity index (χ4n) is 3.69. The Kier molecular flexibility index (Phi) is 7.64. The molecule has 8 nitrogen and oxygen atoms in total. The lowest BCUT2D eigenvalue weighted by Crippen LogP contribution is -2.40. The number of imidazole rings is 1. The number of amides is 1. The number of benzene rings is 2. The zero-order chi connectivity index (χ0) is 24.8. The van der Waals surface area contributed by atoms with E-state index in [1.807, 2.05) is 6.92 Å².